The van der Waals surface area contributed by atoms with Gasteiger partial charge in [-0.3, -0.25) is 9.59 Å². The Labute approximate surface area is 190 Å². The van der Waals surface area contributed by atoms with Gasteiger partial charge < -0.3 is 28.6 Å². The highest BCUT2D eigenvalue weighted by Crippen LogP contribution is 2.46. The number of aliphatic hydroxyl groups excluding tert-OH is 1. The Hall–Kier alpha value is -4.20. The van der Waals surface area contributed by atoms with E-state index >= 15 is 0 Å². The van der Waals surface area contributed by atoms with Crippen LogP contribution in [0.15, 0.2) is 70.9 Å². The molecule has 170 valence electrons. The third-order valence-electron chi connectivity index (χ3n) is 5.50. The van der Waals surface area contributed by atoms with Crippen LogP contribution in [0.5, 0.6) is 17.2 Å². The van der Waals surface area contributed by atoms with Crippen LogP contribution in [-0.2, 0) is 16.1 Å². The molecule has 4 rings (SSSR count). The van der Waals surface area contributed by atoms with Gasteiger partial charge in [0.1, 0.15) is 11.5 Å². The predicted octanol–water partition coefficient (Wildman–Crippen LogP) is 3.93. The summed E-state index contributed by atoms with van der Waals surface area (Å²) in [5.41, 5.74) is 0.894. The van der Waals surface area contributed by atoms with E-state index in [1.54, 1.807) is 54.6 Å². The van der Waals surface area contributed by atoms with Crippen molar-refractivity contribution < 1.29 is 33.3 Å². The normalized spacial score (nSPS) is 17.3. The third-order valence-corrected chi connectivity index (χ3v) is 5.50. The number of likely N-dealkylation sites (tertiary alicyclic amines) is 1. The molecule has 0 bridgehead atoms. The molecule has 1 amide bonds. The lowest BCUT2D eigenvalue weighted by molar-refractivity contribution is -0.140. The molecule has 0 aliphatic carbocycles. The van der Waals surface area contributed by atoms with Crippen molar-refractivity contribution in [1.82, 2.24) is 4.90 Å². The number of hydrogen-bond donors (Lipinski definition) is 1. The van der Waals surface area contributed by atoms with Gasteiger partial charge >= 0.3 is 0 Å². The van der Waals surface area contributed by atoms with Crippen molar-refractivity contribution in [3.8, 4) is 17.2 Å². The molecule has 1 atom stereocenters. The van der Waals surface area contributed by atoms with Gasteiger partial charge in [0.25, 0.3) is 11.7 Å². The van der Waals surface area contributed by atoms with E-state index in [1.807, 2.05) is 0 Å². The number of benzene rings is 2. The molecule has 1 aromatic heterocycles. The highest BCUT2D eigenvalue weighted by molar-refractivity contribution is 6.46. The van der Waals surface area contributed by atoms with Crippen LogP contribution in [-0.4, -0.2) is 43.0 Å². The zero-order valence-corrected chi connectivity index (χ0v) is 18.4. The molecule has 1 N–H and O–H groups in total. The lowest BCUT2D eigenvalue weighted by Gasteiger charge is -2.26. The first-order valence-corrected chi connectivity index (χ1v) is 10.2. The van der Waals surface area contributed by atoms with Crippen molar-refractivity contribution in [2.24, 2.45) is 0 Å². The number of amides is 1. The summed E-state index contributed by atoms with van der Waals surface area (Å²) in [6, 6.07) is 14.4. The number of rotatable bonds is 7. The number of methoxy groups -OCH3 is 3. The van der Waals surface area contributed by atoms with Gasteiger partial charge in [-0.25, -0.2) is 0 Å². The summed E-state index contributed by atoms with van der Waals surface area (Å²) in [4.78, 5) is 27.6. The Kier molecular flexibility index (Phi) is 6.08. The van der Waals surface area contributed by atoms with Crippen molar-refractivity contribution in [3.63, 3.8) is 0 Å². The van der Waals surface area contributed by atoms with Gasteiger partial charge in [-0.15, -0.1) is 0 Å². The number of carbonyl (C=O) groups is 2. The van der Waals surface area contributed by atoms with E-state index in [0.717, 1.165) is 0 Å². The van der Waals surface area contributed by atoms with Gasteiger partial charge in [0, 0.05) is 5.56 Å². The molecule has 1 aliphatic rings. The van der Waals surface area contributed by atoms with E-state index in [9.17, 15) is 14.7 Å². The summed E-state index contributed by atoms with van der Waals surface area (Å²) in [6.45, 7) is 0.0322. The van der Waals surface area contributed by atoms with Crippen LogP contribution >= 0.6 is 0 Å². The van der Waals surface area contributed by atoms with Crippen LogP contribution in [0.1, 0.15) is 22.9 Å². The SMILES string of the molecule is COc1cc(C2/C(=C(\O)c3ccccc3)C(=O)C(=O)N2Cc2ccco2)cc(OC)c1OC. The number of furan rings is 1. The molecule has 33 heavy (non-hydrogen) atoms. The molecular weight excluding hydrogens is 426 g/mol. The number of aliphatic hydroxyl groups is 1. The van der Waals surface area contributed by atoms with Crippen LogP contribution in [0.2, 0.25) is 0 Å². The summed E-state index contributed by atoms with van der Waals surface area (Å²) < 4.78 is 21.7. The van der Waals surface area contributed by atoms with Gasteiger partial charge in [0.05, 0.1) is 45.8 Å². The number of carbonyl (C=O) groups excluding carboxylic acids is 2. The van der Waals surface area contributed by atoms with Crippen molar-refractivity contribution in [2.45, 2.75) is 12.6 Å². The van der Waals surface area contributed by atoms with Crippen LogP contribution in [0.4, 0.5) is 0 Å². The highest BCUT2D eigenvalue weighted by Gasteiger charge is 2.47. The number of ether oxygens (including phenoxy) is 3. The minimum atomic E-state index is -0.913. The number of nitrogens with zero attached hydrogens (tertiary/aromatic N) is 1. The van der Waals surface area contributed by atoms with Gasteiger partial charge in [-0.1, -0.05) is 30.3 Å². The fraction of sp³-hybridized carbons (Fsp3) is 0.200. The lowest BCUT2D eigenvalue weighted by Crippen LogP contribution is -2.29. The second-order valence-electron chi connectivity index (χ2n) is 7.33. The fourth-order valence-corrected chi connectivity index (χ4v) is 3.97. The maximum absolute atomic E-state index is 13.1. The topological polar surface area (TPSA) is 98.4 Å². The van der Waals surface area contributed by atoms with Gasteiger partial charge in [0.2, 0.25) is 5.75 Å². The van der Waals surface area contributed by atoms with E-state index < -0.39 is 17.7 Å². The van der Waals surface area contributed by atoms with E-state index in [2.05, 4.69) is 0 Å². The highest BCUT2D eigenvalue weighted by atomic mass is 16.5. The molecule has 1 unspecified atom stereocenters. The number of hydrogen-bond acceptors (Lipinski definition) is 7. The summed E-state index contributed by atoms with van der Waals surface area (Å²) >= 11 is 0. The molecule has 0 saturated carbocycles. The standard InChI is InChI=1S/C25H23NO7/c1-30-18-12-16(13-19(31-2)24(18)32-3)21-20(22(27)15-8-5-4-6-9-15)23(28)25(29)26(21)14-17-10-7-11-33-17/h4-13,21,27H,14H2,1-3H3/b22-20+. The zero-order chi connectivity index (χ0) is 23.5. The summed E-state index contributed by atoms with van der Waals surface area (Å²) in [5.74, 6) is -0.229. The molecule has 1 saturated heterocycles. The monoisotopic (exact) mass is 449 g/mol. The number of Topliss-reactive ketones (excluding diaryl/α,β-unsaturated/α-hetero) is 1. The van der Waals surface area contributed by atoms with Gasteiger partial charge in [0.15, 0.2) is 11.5 Å². The Morgan fingerprint density at radius 1 is 0.970 bits per heavy atom. The Morgan fingerprint density at radius 3 is 2.18 bits per heavy atom. The first-order valence-electron chi connectivity index (χ1n) is 10.2. The predicted molar refractivity (Wildman–Crippen MR) is 119 cm³/mol. The third kappa shape index (κ3) is 3.91. The molecule has 3 aromatic rings. The Bertz CT molecular complexity index is 1170. The lowest BCUT2D eigenvalue weighted by atomic mass is 9.94. The average molecular weight is 449 g/mol. The second kappa shape index (κ2) is 9.12. The fourth-order valence-electron chi connectivity index (χ4n) is 3.97. The minimum Gasteiger partial charge on any atom is -0.507 e. The van der Waals surface area contributed by atoms with E-state index in [4.69, 9.17) is 18.6 Å². The maximum atomic E-state index is 13.1. The van der Waals surface area contributed by atoms with Crippen molar-refractivity contribution in [3.05, 3.63) is 83.3 Å². The molecule has 1 aliphatic heterocycles. The quantitative estimate of drug-likeness (QED) is 0.332. The largest absolute Gasteiger partial charge is 0.507 e. The van der Waals surface area contributed by atoms with E-state index in [-0.39, 0.29) is 17.9 Å². The van der Waals surface area contributed by atoms with Gasteiger partial charge in [-0.2, -0.15) is 0 Å². The van der Waals surface area contributed by atoms with Gasteiger partial charge in [-0.05, 0) is 29.8 Å². The Balaban J connectivity index is 1.94. The second-order valence-corrected chi connectivity index (χ2v) is 7.33. The molecule has 8 heteroatoms. The van der Waals surface area contributed by atoms with E-state index in [1.165, 1.54) is 32.5 Å². The zero-order valence-electron chi connectivity index (χ0n) is 18.4. The molecule has 2 aromatic carbocycles. The summed E-state index contributed by atoms with van der Waals surface area (Å²) in [7, 11) is 4.44. The molecule has 2 heterocycles. The minimum absolute atomic E-state index is 0.0322. The first-order chi connectivity index (χ1) is 16.0. The van der Waals surface area contributed by atoms with Crippen molar-refractivity contribution in [1.29, 1.82) is 0 Å². The van der Waals surface area contributed by atoms with Crippen LogP contribution in [0.3, 0.4) is 0 Å². The maximum Gasteiger partial charge on any atom is 0.296 e. The average Bonchev–Trinajstić information content (AvgIpc) is 3.45. The van der Waals surface area contributed by atoms with Crippen LogP contribution in [0.25, 0.3) is 5.76 Å². The van der Waals surface area contributed by atoms with Crippen molar-refractivity contribution >= 4 is 17.4 Å². The van der Waals surface area contributed by atoms with Crippen LogP contribution in [0, 0.1) is 0 Å². The first kappa shape index (κ1) is 22.0. The van der Waals surface area contributed by atoms with Crippen LogP contribution < -0.4 is 14.2 Å². The molecule has 0 radical (unpaired) electrons. The Morgan fingerprint density at radius 2 is 1.64 bits per heavy atom. The van der Waals surface area contributed by atoms with E-state index in [0.29, 0.717) is 34.1 Å². The smallest absolute Gasteiger partial charge is 0.296 e. The summed E-state index contributed by atoms with van der Waals surface area (Å²) in [5, 5.41) is 11.1. The summed E-state index contributed by atoms with van der Waals surface area (Å²) in [6.07, 6.45) is 1.49. The van der Waals surface area contributed by atoms with Crippen molar-refractivity contribution in [2.75, 3.05) is 21.3 Å². The molecular formula is C25H23NO7. The molecule has 1 fully saturated rings. The molecule has 0 spiro atoms. The molecule has 8 nitrogen and oxygen atoms in total. The number of ketones is 1.